The van der Waals surface area contributed by atoms with Crippen LogP contribution in [0.3, 0.4) is 0 Å². The van der Waals surface area contributed by atoms with Gasteiger partial charge in [0.05, 0.1) is 5.92 Å². The zero-order valence-electron chi connectivity index (χ0n) is 11.1. The highest BCUT2D eigenvalue weighted by Crippen LogP contribution is 2.19. The summed E-state index contributed by atoms with van der Waals surface area (Å²) in [6.07, 6.45) is 0.446. The number of carboxylic acid groups (broad SMARTS) is 1. The highest BCUT2D eigenvalue weighted by molar-refractivity contribution is 5.70. The molecule has 0 saturated carbocycles. The fourth-order valence-electron chi connectivity index (χ4n) is 1.60. The Hall–Kier alpha value is -1.55. The van der Waals surface area contributed by atoms with Gasteiger partial charge in [-0.3, -0.25) is 4.79 Å². The Labute approximate surface area is 108 Å². The second kappa shape index (κ2) is 5.87. The van der Waals surface area contributed by atoms with Crippen LogP contribution >= 0.6 is 0 Å². The number of rotatable bonds is 5. The Morgan fingerprint density at radius 1 is 1.33 bits per heavy atom. The fourth-order valence-corrected chi connectivity index (χ4v) is 1.60. The van der Waals surface area contributed by atoms with Crippen molar-refractivity contribution in [3.05, 3.63) is 29.8 Å². The molecule has 1 atom stereocenters. The van der Waals surface area contributed by atoms with Crippen molar-refractivity contribution in [3.63, 3.8) is 0 Å². The fraction of sp³-hybridized carbons (Fsp3) is 0.500. The summed E-state index contributed by atoms with van der Waals surface area (Å²) >= 11 is 0. The van der Waals surface area contributed by atoms with Gasteiger partial charge in [0, 0.05) is 6.54 Å². The third-order valence-corrected chi connectivity index (χ3v) is 2.46. The average molecular weight is 251 g/mol. The van der Waals surface area contributed by atoms with Crippen molar-refractivity contribution in [2.75, 3.05) is 6.54 Å². The lowest BCUT2D eigenvalue weighted by atomic mass is 9.99. The minimum Gasteiger partial charge on any atom is -0.488 e. The summed E-state index contributed by atoms with van der Waals surface area (Å²) in [6.45, 7) is 6.09. The molecule has 3 N–H and O–H groups in total. The molecule has 0 aliphatic carbocycles. The SMILES string of the molecule is CC(C)(C)Oc1ccc(C[C@H](CN)C(=O)O)cc1. The predicted octanol–water partition coefficient (Wildman–Crippen LogP) is 2.07. The number of ether oxygens (including phenoxy) is 1. The summed E-state index contributed by atoms with van der Waals surface area (Å²) in [6, 6.07) is 7.48. The molecule has 18 heavy (non-hydrogen) atoms. The number of nitrogens with two attached hydrogens (primary N) is 1. The zero-order chi connectivity index (χ0) is 13.8. The van der Waals surface area contributed by atoms with E-state index in [0.29, 0.717) is 6.42 Å². The third-order valence-electron chi connectivity index (χ3n) is 2.46. The van der Waals surface area contributed by atoms with Gasteiger partial charge >= 0.3 is 5.97 Å². The zero-order valence-corrected chi connectivity index (χ0v) is 11.1. The highest BCUT2D eigenvalue weighted by Gasteiger charge is 2.16. The first-order valence-corrected chi connectivity index (χ1v) is 6.02. The van der Waals surface area contributed by atoms with E-state index in [1.54, 1.807) is 0 Å². The summed E-state index contributed by atoms with van der Waals surface area (Å²) < 4.78 is 5.69. The van der Waals surface area contributed by atoms with E-state index in [4.69, 9.17) is 15.6 Å². The standard InChI is InChI=1S/C14H21NO3/c1-14(2,3)18-12-6-4-10(5-7-12)8-11(9-15)13(16)17/h4-7,11H,8-9,15H2,1-3H3,(H,16,17)/t11-/m1/s1. The van der Waals surface area contributed by atoms with Crippen LogP contribution in [0.4, 0.5) is 0 Å². The van der Waals surface area contributed by atoms with Gasteiger partial charge in [-0.1, -0.05) is 12.1 Å². The molecule has 0 radical (unpaired) electrons. The molecule has 0 spiro atoms. The largest absolute Gasteiger partial charge is 0.488 e. The second-order valence-electron chi connectivity index (χ2n) is 5.33. The van der Waals surface area contributed by atoms with E-state index in [1.165, 1.54) is 0 Å². The van der Waals surface area contributed by atoms with Crippen LogP contribution in [0.2, 0.25) is 0 Å². The minimum absolute atomic E-state index is 0.148. The average Bonchev–Trinajstić information content (AvgIpc) is 2.25. The number of carboxylic acids is 1. The Kier molecular flexibility index (Phi) is 4.73. The van der Waals surface area contributed by atoms with Crippen LogP contribution in [0.1, 0.15) is 26.3 Å². The number of aliphatic carboxylic acids is 1. The lowest BCUT2D eigenvalue weighted by Gasteiger charge is -2.21. The molecule has 100 valence electrons. The summed E-state index contributed by atoms with van der Waals surface area (Å²) in [5, 5.41) is 8.94. The highest BCUT2D eigenvalue weighted by atomic mass is 16.5. The Balaban J connectivity index is 2.68. The van der Waals surface area contributed by atoms with Crippen molar-refractivity contribution in [1.82, 2.24) is 0 Å². The molecule has 0 fully saturated rings. The van der Waals surface area contributed by atoms with E-state index >= 15 is 0 Å². The van der Waals surface area contributed by atoms with E-state index in [9.17, 15) is 4.79 Å². The number of carbonyl (C=O) groups is 1. The van der Waals surface area contributed by atoms with Crippen LogP contribution in [0.25, 0.3) is 0 Å². The van der Waals surface area contributed by atoms with Gasteiger partial charge in [0.25, 0.3) is 0 Å². The van der Waals surface area contributed by atoms with Gasteiger partial charge in [0.1, 0.15) is 11.4 Å². The maximum absolute atomic E-state index is 10.9. The van der Waals surface area contributed by atoms with Crippen molar-refractivity contribution >= 4 is 5.97 Å². The molecule has 0 unspecified atom stereocenters. The lowest BCUT2D eigenvalue weighted by Crippen LogP contribution is -2.25. The third kappa shape index (κ3) is 4.75. The van der Waals surface area contributed by atoms with Crippen molar-refractivity contribution < 1.29 is 14.6 Å². The van der Waals surface area contributed by atoms with Gasteiger partial charge in [-0.05, 0) is 44.9 Å². The molecule has 0 aliphatic heterocycles. The quantitative estimate of drug-likeness (QED) is 0.840. The molecule has 1 rings (SSSR count). The Bertz CT molecular complexity index is 392. The maximum atomic E-state index is 10.9. The van der Waals surface area contributed by atoms with Crippen LogP contribution in [-0.4, -0.2) is 23.2 Å². The molecule has 1 aromatic carbocycles. The van der Waals surface area contributed by atoms with E-state index < -0.39 is 11.9 Å². The Morgan fingerprint density at radius 2 is 1.89 bits per heavy atom. The first kappa shape index (κ1) is 14.5. The predicted molar refractivity (Wildman–Crippen MR) is 70.7 cm³/mol. The second-order valence-corrected chi connectivity index (χ2v) is 5.33. The maximum Gasteiger partial charge on any atom is 0.308 e. The molecule has 4 nitrogen and oxygen atoms in total. The summed E-state index contributed by atoms with van der Waals surface area (Å²) in [4.78, 5) is 10.9. The van der Waals surface area contributed by atoms with Crippen molar-refractivity contribution in [2.45, 2.75) is 32.8 Å². The normalized spacial score (nSPS) is 13.1. The number of benzene rings is 1. The van der Waals surface area contributed by atoms with Crippen LogP contribution in [0, 0.1) is 5.92 Å². The lowest BCUT2D eigenvalue weighted by molar-refractivity contribution is -0.141. The Morgan fingerprint density at radius 3 is 2.28 bits per heavy atom. The van der Waals surface area contributed by atoms with Gasteiger partial charge in [0.2, 0.25) is 0 Å². The molecular formula is C14H21NO3. The monoisotopic (exact) mass is 251 g/mol. The van der Waals surface area contributed by atoms with Crippen molar-refractivity contribution in [2.24, 2.45) is 11.7 Å². The van der Waals surface area contributed by atoms with E-state index in [-0.39, 0.29) is 12.1 Å². The van der Waals surface area contributed by atoms with Crippen LogP contribution in [0.5, 0.6) is 5.75 Å². The first-order valence-electron chi connectivity index (χ1n) is 6.02. The molecule has 0 saturated heterocycles. The molecule has 0 aliphatic rings. The molecular weight excluding hydrogens is 230 g/mol. The summed E-state index contributed by atoms with van der Waals surface area (Å²) in [7, 11) is 0. The first-order chi connectivity index (χ1) is 8.31. The van der Waals surface area contributed by atoms with E-state index in [2.05, 4.69) is 0 Å². The molecule has 0 aromatic heterocycles. The van der Waals surface area contributed by atoms with Gasteiger partial charge in [-0.15, -0.1) is 0 Å². The minimum atomic E-state index is -0.854. The molecule has 0 heterocycles. The van der Waals surface area contributed by atoms with Crippen molar-refractivity contribution in [1.29, 1.82) is 0 Å². The van der Waals surface area contributed by atoms with Gasteiger partial charge in [-0.25, -0.2) is 0 Å². The summed E-state index contributed by atoms with van der Waals surface area (Å²) in [5.74, 6) is -0.599. The van der Waals surface area contributed by atoms with Crippen molar-refractivity contribution in [3.8, 4) is 5.75 Å². The van der Waals surface area contributed by atoms with E-state index in [1.807, 2.05) is 45.0 Å². The van der Waals surface area contributed by atoms with Crippen LogP contribution < -0.4 is 10.5 Å². The van der Waals surface area contributed by atoms with Gasteiger partial charge in [0.15, 0.2) is 0 Å². The molecule has 0 bridgehead atoms. The van der Waals surface area contributed by atoms with Crippen LogP contribution in [0.15, 0.2) is 24.3 Å². The topological polar surface area (TPSA) is 72.5 Å². The van der Waals surface area contributed by atoms with E-state index in [0.717, 1.165) is 11.3 Å². The molecule has 0 amide bonds. The molecule has 4 heteroatoms. The van der Waals surface area contributed by atoms with Gasteiger partial charge < -0.3 is 15.6 Å². The summed E-state index contributed by atoms with van der Waals surface area (Å²) in [5.41, 5.74) is 6.15. The van der Waals surface area contributed by atoms with Crippen LogP contribution in [-0.2, 0) is 11.2 Å². The van der Waals surface area contributed by atoms with Gasteiger partial charge in [-0.2, -0.15) is 0 Å². The number of hydrogen-bond acceptors (Lipinski definition) is 3. The smallest absolute Gasteiger partial charge is 0.308 e. The molecule has 1 aromatic rings. The number of hydrogen-bond donors (Lipinski definition) is 2.